The number of fused-ring (bicyclic) bond motifs is 4. The highest BCUT2D eigenvalue weighted by molar-refractivity contribution is 6.33. The number of Topliss-reactive ketones (excluding diaryl/α,β-unsaturated/α-hetero) is 2. The lowest BCUT2D eigenvalue weighted by molar-refractivity contribution is -0.140. The smallest absolute Gasteiger partial charge is 0.265 e. The van der Waals surface area contributed by atoms with Gasteiger partial charge in [0.15, 0.2) is 11.4 Å². The lowest BCUT2D eigenvalue weighted by Gasteiger charge is -2.48. The number of nitrogens with zero attached hydrogens (tertiary/aromatic N) is 2. The molecule has 3 aliphatic carbocycles. The molecule has 4 aliphatic rings. The molecule has 2 aromatic carbocycles. The second-order valence-electron chi connectivity index (χ2n) is 14.1. The Morgan fingerprint density at radius 3 is 2.54 bits per heavy atom. The van der Waals surface area contributed by atoms with Gasteiger partial charge in [0.2, 0.25) is 11.6 Å². The van der Waals surface area contributed by atoms with Crippen molar-refractivity contribution in [3.63, 3.8) is 0 Å². The molecule has 2 heterocycles. The summed E-state index contributed by atoms with van der Waals surface area (Å²) in [7, 11) is 1.69. The van der Waals surface area contributed by atoms with Crippen molar-refractivity contribution < 1.29 is 33.8 Å². The molecule has 0 bridgehead atoms. The van der Waals surface area contributed by atoms with Crippen molar-refractivity contribution in [1.29, 1.82) is 0 Å². The summed E-state index contributed by atoms with van der Waals surface area (Å²) in [5.74, 6) is -2.64. The van der Waals surface area contributed by atoms with Crippen molar-refractivity contribution in [3.05, 3.63) is 80.6 Å². The summed E-state index contributed by atoms with van der Waals surface area (Å²) in [6.07, 6.45) is 5.85. The maximum atomic E-state index is 14.6. The molecule has 2 fully saturated rings. The Kier molecular flexibility index (Phi) is 9.82. The minimum atomic E-state index is -2.46. The van der Waals surface area contributed by atoms with Gasteiger partial charge >= 0.3 is 0 Å². The molecule has 1 unspecified atom stereocenters. The van der Waals surface area contributed by atoms with Gasteiger partial charge in [-0.1, -0.05) is 68.6 Å². The molecule has 1 saturated carbocycles. The predicted octanol–water partition coefficient (Wildman–Crippen LogP) is 6.94. The van der Waals surface area contributed by atoms with Crippen LogP contribution in [-0.4, -0.2) is 64.2 Å². The van der Waals surface area contributed by atoms with E-state index < -0.39 is 35.0 Å². The molecule has 3 N–H and O–H groups in total. The molecule has 7 rings (SSSR count). The van der Waals surface area contributed by atoms with E-state index in [2.05, 4.69) is 34.4 Å². The van der Waals surface area contributed by atoms with Crippen LogP contribution in [0.3, 0.4) is 0 Å². The zero-order valence-electron chi connectivity index (χ0n) is 29.0. The molecule has 0 radical (unpaired) electrons. The number of aliphatic hydroxyl groups is 2. The Balaban J connectivity index is 1.31. The number of nitrogens with one attached hydrogen (secondary N) is 1. The number of ether oxygens (including phenoxy) is 2. The average Bonchev–Trinajstić information content (AvgIpc) is 3.75. The van der Waals surface area contributed by atoms with E-state index in [1.807, 2.05) is 31.2 Å². The van der Waals surface area contributed by atoms with Crippen molar-refractivity contribution in [3.8, 4) is 11.6 Å². The Hall–Kier alpha value is -3.70. The van der Waals surface area contributed by atoms with E-state index in [0.29, 0.717) is 36.0 Å². The van der Waals surface area contributed by atoms with Crippen molar-refractivity contribution in [1.82, 2.24) is 15.4 Å². The molecule has 5 atom stereocenters. The summed E-state index contributed by atoms with van der Waals surface area (Å²) in [5.41, 5.74) is 0.804. The van der Waals surface area contributed by atoms with E-state index >= 15 is 0 Å². The number of likely N-dealkylation sites (tertiary alicyclic amines) is 1. The van der Waals surface area contributed by atoms with Gasteiger partial charge in [0.1, 0.15) is 17.1 Å². The van der Waals surface area contributed by atoms with Crippen molar-refractivity contribution in [2.75, 3.05) is 26.8 Å². The van der Waals surface area contributed by atoms with Gasteiger partial charge in [-0.3, -0.25) is 14.5 Å². The monoisotopic (exact) mass is 703 g/mol. The Morgan fingerprint density at radius 1 is 1.08 bits per heavy atom. The summed E-state index contributed by atoms with van der Waals surface area (Å²) >= 11 is 7.35. The number of halogens is 1. The molecular weight excluding hydrogens is 658 g/mol. The lowest BCUT2D eigenvalue weighted by atomic mass is 9.57. The van der Waals surface area contributed by atoms with Crippen LogP contribution in [0.25, 0.3) is 5.76 Å². The lowest BCUT2D eigenvalue weighted by Crippen LogP contribution is -2.63. The van der Waals surface area contributed by atoms with Crippen LogP contribution in [0.1, 0.15) is 109 Å². The summed E-state index contributed by atoms with van der Waals surface area (Å²) in [5, 5.41) is 32.1. The normalized spacial score (nSPS) is 26.0. The third-order valence-electron chi connectivity index (χ3n) is 11.1. The number of aromatic nitrogens is 1. The van der Waals surface area contributed by atoms with Crippen LogP contribution >= 0.6 is 11.6 Å². The number of hydrogen-bond donors (Lipinski definition) is 3. The fraction of sp³-hybridized carbons (Fsp3) is 0.513. The first-order chi connectivity index (χ1) is 24.2. The molecule has 11 heteroatoms. The van der Waals surface area contributed by atoms with E-state index in [9.17, 15) is 19.8 Å². The SMILES string of the molecule is CCCCOc1cc(C2CCCN2Cc2ccccc2)c(Cl)c2c1C(O)=C1C(=O)[C@]3(O)C(=O)c4c(OCCCC)noc4[C@@H](NC)[C@@H]3C[C@@H]1C2. The van der Waals surface area contributed by atoms with Crippen LogP contribution in [0, 0.1) is 11.8 Å². The minimum Gasteiger partial charge on any atom is -0.507 e. The number of rotatable bonds is 12. The molecule has 0 amide bonds. The van der Waals surface area contributed by atoms with E-state index in [4.69, 9.17) is 25.6 Å². The summed E-state index contributed by atoms with van der Waals surface area (Å²) < 4.78 is 17.8. The summed E-state index contributed by atoms with van der Waals surface area (Å²) in [6.45, 7) is 6.54. The molecule has 3 aromatic rings. The van der Waals surface area contributed by atoms with E-state index in [-0.39, 0.29) is 41.0 Å². The maximum absolute atomic E-state index is 14.6. The number of benzene rings is 2. The van der Waals surface area contributed by atoms with Gasteiger partial charge in [-0.2, -0.15) is 0 Å². The molecule has 0 spiro atoms. The van der Waals surface area contributed by atoms with Crippen LogP contribution in [0.4, 0.5) is 0 Å². The van der Waals surface area contributed by atoms with Crippen LogP contribution in [0.2, 0.25) is 5.02 Å². The molecule has 10 nitrogen and oxygen atoms in total. The first-order valence-electron chi connectivity index (χ1n) is 18.1. The van der Waals surface area contributed by atoms with Crippen LogP contribution in [0.5, 0.6) is 11.6 Å². The Bertz CT molecular complexity index is 1810. The van der Waals surface area contributed by atoms with E-state index in [0.717, 1.165) is 62.7 Å². The van der Waals surface area contributed by atoms with Crippen LogP contribution < -0.4 is 14.8 Å². The van der Waals surface area contributed by atoms with Gasteiger partial charge in [0, 0.05) is 29.1 Å². The molecule has 266 valence electrons. The molecule has 1 aromatic heterocycles. The second kappa shape index (κ2) is 14.1. The molecule has 1 saturated heterocycles. The molecular formula is C39H46ClN3O7. The highest BCUT2D eigenvalue weighted by atomic mass is 35.5. The first kappa shape index (κ1) is 34.7. The van der Waals surface area contributed by atoms with Gasteiger partial charge in [-0.25, -0.2) is 0 Å². The van der Waals surface area contributed by atoms with Gasteiger partial charge < -0.3 is 29.5 Å². The van der Waals surface area contributed by atoms with Gasteiger partial charge in [0.25, 0.3) is 5.88 Å². The quantitative estimate of drug-likeness (QED) is 0.135. The largest absolute Gasteiger partial charge is 0.507 e. The highest BCUT2D eigenvalue weighted by Crippen LogP contribution is 2.56. The van der Waals surface area contributed by atoms with Crippen molar-refractivity contribution >= 4 is 28.9 Å². The fourth-order valence-electron chi connectivity index (χ4n) is 8.53. The van der Waals surface area contributed by atoms with Gasteiger partial charge in [-0.15, -0.1) is 0 Å². The number of ketones is 2. The molecule has 1 aliphatic heterocycles. The first-order valence-corrected chi connectivity index (χ1v) is 18.4. The van der Waals surface area contributed by atoms with E-state index in [1.165, 1.54) is 5.56 Å². The topological polar surface area (TPSA) is 134 Å². The summed E-state index contributed by atoms with van der Waals surface area (Å²) in [6, 6.07) is 11.7. The third kappa shape index (κ3) is 5.64. The number of aliphatic hydroxyl groups excluding tert-OH is 1. The maximum Gasteiger partial charge on any atom is 0.265 e. The number of hydrogen-bond acceptors (Lipinski definition) is 10. The Morgan fingerprint density at radius 2 is 1.82 bits per heavy atom. The summed E-state index contributed by atoms with van der Waals surface area (Å²) in [4.78, 5) is 31.2. The molecule has 50 heavy (non-hydrogen) atoms. The van der Waals surface area contributed by atoms with Gasteiger partial charge in [-0.05, 0) is 85.9 Å². The number of unbranched alkanes of at least 4 members (excludes halogenated alkanes) is 2. The predicted molar refractivity (Wildman–Crippen MR) is 189 cm³/mol. The zero-order valence-corrected chi connectivity index (χ0v) is 29.7. The van der Waals surface area contributed by atoms with E-state index in [1.54, 1.807) is 7.05 Å². The van der Waals surface area contributed by atoms with Crippen molar-refractivity contribution in [2.24, 2.45) is 11.8 Å². The number of carbonyl (C=O) groups is 2. The van der Waals surface area contributed by atoms with Crippen LogP contribution in [-0.2, 0) is 17.8 Å². The van der Waals surface area contributed by atoms with Crippen molar-refractivity contribution in [2.45, 2.75) is 89.4 Å². The van der Waals surface area contributed by atoms with Gasteiger partial charge in [0.05, 0.1) is 24.8 Å². The minimum absolute atomic E-state index is 0.0311. The second-order valence-corrected chi connectivity index (χ2v) is 14.5. The van der Waals surface area contributed by atoms with Crippen LogP contribution in [0.15, 0.2) is 46.5 Å². The third-order valence-corrected chi connectivity index (χ3v) is 11.5. The fourth-order valence-corrected chi connectivity index (χ4v) is 8.88. The average molecular weight is 704 g/mol. The number of carbonyl (C=O) groups excluding carboxylic acids is 2. The standard InChI is InChI=1S/C39H46ClN3O7/c1-4-6-16-48-28-20-24(27-14-11-15-43(27)21-22-12-9-8-10-13-22)32(40)25-18-23-19-26-33(41-3)35-31(38(42-50-35)49-17-7-5-2)37(46)39(26,47)36(45)29(23)34(44)30(25)28/h8-10,12-13,20,23,26-27,33,41,44,47H,4-7,11,14-19,21H2,1-3H3/t23-,26-,27?,33-,39-/m0/s1. The highest BCUT2D eigenvalue weighted by Gasteiger charge is 2.65. The Labute approximate surface area is 297 Å². The zero-order chi connectivity index (χ0) is 35.2.